The molecule has 2 aromatic rings. The normalized spacial score (nSPS) is 23.3. The maximum atomic E-state index is 17.1. The summed E-state index contributed by atoms with van der Waals surface area (Å²) in [5.74, 6) is -2.12. The predicted molar refractivity (Wildman–Crippen MR) is 149 cm³/mol. The maximum absolute atomic E-state index is 17.1. The van der Waals surface area contributed by atoms with Crippen LogP contribution < -0.4 is 9.47 Å². The number of halogens is 4. The van der Waals surface area contributed by atoms with Crippen molar-refractivity contribution in [1.29, 1.82) is 0 Å². The number of methoxy groups -OCH3 is 1. The van der Waals surface area contributed by atoms with E-state index in [1.165, 1.54) is 11.0 Å². The highest BCUT2D eigenvalue weighted by atomic mass is 19.4. The van der Waals surface area contributed by atoms with Crippen LogP contribution in [-0.4, -0.2) is 77.9 Å². The van der Waals surface area contributed by atoms with Gasteiger partial charge in [0.05, 0.1) is 19.3 Å². The van der Waals surface area contributed by atoms with Gasteiger partial charge in [-0.2, -0.15) is 13.2 Å². The number of amides is 1. The van der Waals surface area contributed by atoms with Crippen molar-refractivity contribution in [2.24, 2.45) is 0 Å². The summed E-state index contributed by atoms with van der Waals surface area (Å²) < 4.78 is 68.3. The highest BCUT2D eigenvalue weighted by molar-refractivity contribution is 5.88. The number of rotatable bonds is 9. The molecule has 7 nitrogen and oxygen atoms in total. The zero-order valence-corrected chi connectivity index (χ0v) is 24.3. The highest BCUT2D eigenvalue weighted by Gasteiger charge is 2.57. The van der Waals surface area contributed by atoms with Crippen molar-refractivity contribution in [2.45, 2.75) is 69.3 Å². The highest BCUT2D eigenvalue weighted by Crippen LogP contribution is 2.45. The van der Waals surface area contributed by atoms with Gasteiger partial charge in [0, 0.05) is 50.0 Å². The lowest BCUT2D eigenvalue weighted by Gasteiger charge is -2.33. The van der Waals surface area contributed by atoms with Crippen molar-refractivity contribution >= 4 is 11.9 Å². The predicted octanol–water partition coefficient (Wildman–Crippen LogP) is 5.88. The van der Waals surface area contributed by atoms with E-state index in [0.717, 1.165) is 12.1 Å². The molecule has 0 saturated carbocycles. The third kappa shape index (κ3) is 6.82. The van der Waals surface area contributed by atoms with E-state index in [1.807, 2.05) is 25.7 Å². The fourth-order valence-electron chi connectivity index (χ4n) is 5.79. The number of aliphatic carboxylic acids is 1. The Balaban J connectivity index is 1.57. The number of hydrogen-bond donors (Lipinski definition) is 1. The summed E-state index contributed by atoms with van der Waals surface area (Å²) >= 11 is 0. The van der Waals surface area contributed by atoms with E-state index in [1.54, 1.807) is 31.4 Å². The first-order chi connectivity index (χ1) is 19.6. The lowest BCUT2D eigenvalue weighted by Crippen LogP contribution is -2.51. The molecular formula is C31H38F4N2O5. The van der Waals surface area contributed by atoms with Crippen LogP contribution in [0.25, 0.3) is 0 Å². The topological polar surface area (TPSA) is 79.3 Å². The Hall–Kier alpha value is -3.34. The number of nitrogens with zero attached hydrogens (tertiary/aromatic N) is 2. The Morgan fingerprint density at radius 1 is 1.07 bits per heavy atom. The van der Waals surface area contributed by atoms with Crippen molar-refractivity contribution in [3.8, 4) is 11.5 Å². The van der Waals surface area contributed by atoms with E-state index < -0.39 is 35.2 Å². The van der Waals surface area contributed by atoms with E-state index in [4.69, 9.17) is 14.6 Å². The molecular weight excluding hydrogens is 556 g/mol. The molecule has 2 aliphatic heterocycles. The fourth-order valence-corrected chi connectivity index (χ4v) is 5.79. The van der Waals surface area contributed by atoms with Gasteiger partial charge in [0.15, 0.2) is 0 Å². The molecule has 1 N–H and O–H groups in total. The van der Waals surface area contributed by atoms with Crippen molar-refractivity contribution in [2.75, 3.05) is 39.9 Å². The molecule has 1 unspecified atom stereocenters. The monoisotopic (exact) mass is 594 g/mol. The lowest BCUT2D eigenvalue weighted by molar-refractivity contribution is -0.143. The van der Waals surface area contributed by atoms with Crippen LogP contribution in [0.4, 0.5) is 17.6 Å². The molecule has 2 aromatic carbocycles. The maximum Gasteiger partial charge on any atom is 0.416 e. The SMILES string of the molecule is COc1ccc([C@@H]2CN(C(C)(C)C)C[C@@]2(F)C(=O)N2CCC(c3ccc(C(F)(F)F)cc3OCCCC(=O)O)C2)cc1. The third-order valence-electron chi connectivity index (χ3n) is 8.25. The van der Waals surface area contributed by atoms with Crippen LogP contribution in [0.3, 0.4) is 0 Å². The number of likely N-dealkylation sites (tertiary alicyclic amines) is 2. The second kappa shape index (κ2) is 12.1. The van der Waals surface area contributed by atoms with Gasteiger partial charge in [0.2, 0.25) is 5.67 Å². The second-order valence-corrected chi connectivity index (χ2v) is 12.1. The van der Waals surface area contributed by atoms with Gasteiger partial charge in [0.1, 0.15) is 11.5 Å². The van der Waals surface area contributed by atoms with Crippen LogP contribution in [0.5, 0.6) is 11.5 Å². The Labute approximate surface area is 243 Å². The number of carbonyl (C=O) groups excluding carboxylic acids is 1. The minimum Gasteiger partial charge on any atom is -0.497 e. The van der Waals surface area contributed by atoms with Crippen LogP contribution in [0.15, 0.2) is 42.5 Å². The Morgan fingerprint density at radius 2 is 1.76 bits per heavy atom. The number of carboxylic acid groups (broad SMARTS) is 1. The van der Waals surface area contributed by atoms with Crippen molar-refractivity contribution < 1.29 is 41.7 Å². The average molecular weight is 595 g/mol. The Morgan fingerprint density at radius 3 is 2.36 bits per heavy atom. The molecule has 42 heavy (non-hydrogen) atoms. The lowest BCUT2D eigenvalue weighted by atomic mass is 9.85. The van der Waals surface area contributed by atoms with Crippen LogP contribution >= 0.6 is 0 Å². The van der Waals surface area contributed by atoms with Crippen LogP contribution in [0.1, 0.15) is 68.6 Å². The Bertz CT molecular complexity index is 1280. The summed E-state index contributed by atoms with van der Waals surface area (Å²) in [5.41, 5.74) is -2.29. The first-order valence-electron chi connectivity index (χ1n) is 14.1. The van der Waals surface area contributed by atoms with Crippen LogP contribution in [0, 0.1) is 0 Å². The summed E-state index contributed by atoms with van der Waals surface area (Å²) in [6.07, 6.45) is -4.22. The molecule has 0 aromatic heterocycles. The first-order valence-corrected chi connectivity index (χ1v) is 14.1. The molecule has 2 aliphatic rings. The molecule has 3 atom stereocenters. The van der Waals surface area contributed by atoms with Gasteiger partial charge in [-0.1, -0.05) is 18.2 Å². The van der Waals surface area contributed by atoms with Gasteiger partial charge in [-0.05, 0) is 69.0 Å². The van der Waals surface area contributed by atoms with Crippen molar-refractivity contribution in [1.82, 2.24) is 9.80 Å². The molecule has 2 fully saturated rings. The smallest absolute Gasteiger partial charge is 0.416 e. The summed E-state index contributed by atoms with van der Waals surface area (Å²) in [6, 6.07) is 10.3. The summed E-state index contributed by atoms with van der Waals surface area (Å²) in [5, 5.41) is 8.88. The zero-order chi connectivity index (χ0) is 30.9. The van der Waals surface area contributed by atoms with Gasteiger partial charge >= 0.3 is 12.1 Å². The fraction of sp³-hybridized carbons (Fsp3) is 0.548. The summed E-state index contributed by atoms with van der Waals surface area (Å²) in [6.45, 7) is 6.50. The first kappa shape index (κ1) is 31.6. The molecule has 0 radical (unpaired) electrons. The van der Waals surface area contributed by atoms with Gasteiger partial charge < -0.3 is 19.5 Å². The van der Waals surface area contributed by atoms with E-state index in [0.29, 0.717) is 29.8 Å². The molecule has 0 spiro atoms. The number of carbonyl (C=O) groups is 2. The van der Waals surface area contributed by atoms with Crippen LogP contribution in [0.2, 0.25) is 0 Å². The molecule has 2 saturated heterocycles. The molecule has 1 amide bonds. The van der Waals surface area contributed by atoms with E-state index in [2.05, 4.69) is 0 Å². The van der Waals surface area contributed by atoms with Crippen LogP contribution in [-0.2, 0) is 15.8 Å². The number of alkyl halides is 4. The standard InChI is InChI=1S/C31H38F4N2O5/c1-29(2,3)37-18-25(20-7-10-23(41-4)11-8-20)30(32,19-37)28(40)36-14-13-21(17-36)24-12-9-22(31(33,34)35)16-26(24)42-15-5-6-27(38)39/h7-12,16,21,25H,5-6,13-15,17-19H2,1-4H3,(H,38,39)/t21?,25-,30-/m0/s1. The number of benzene rings is 2. The number of carboxylic acids is 1. The molecule has 11 heteroatoms. The van der Waals surface area contributed by atoms with Gasteiger partial charge in [-0.25, -0.2) is 4.39 Å². The van der Waals surface area contributed by atoms with Gasteiger partial charge in [-0.15, -0.1) is 0 Å². The van der Waals surface area contributed by atoms with Crippen molar-refractivity contribution in [3.63, 3.8) is 0 Å². The second-order valence-electron chi connectivity index (χ2n) is 12.1. The van der Waals surface area contributed by atoms with Gasteiger partial charge in [0.25, 0.3) is 5.91 Å². The molecule has 2 heterocycles. The zero-order valence-electron chi connectivity index (χ0n) is 24.3. The van der Waals surface area contributed by atoms with Gasteiger partial charge in [-0.3, -0.25) is 14.5 Å². The molecule has 4 rings (SSSR count). The van der Waals surface area contributed by atoms with Crippen molar-refractivity contribution in [3.05, 3.63) is 59.2 Å². The minimum atomic E-state index is -4.59. The third-order valence-corrected chi connectivity index (χ3v) is 8.25. The Kier molecular flexibility index (Phi) is 9.11. The van der Waals surface area contributed by atoms with E-state index in [9.17, 15) is 22.8 Å². The van der Waals surface area contributed by atoms with E-state index >= 15 is 4.39 Å². The molecule has 0 bridgehead atoms. The number of hydrogen-bond acceptors (Lipinski definition) is 5. The molecule has 230 valence electrons. The molecule has 0 aliphatic carbocycles. The summed E-state index contributed by atoms with van der Waals surface area (Å²) in [7, 11) is 1.54. The minimum absolute atomic E-state index is 0.000331. The summed E-state index contributed by atoms with van der Waals surface area (Å²) in [4.78, 5) is 28.2. The number of ether oxygens (including phenoxy) is 2. The average Bonchev–Trinajstić information content (AvgIpc) is 3.56. The largest absolute Gasteiger partial charge is 0.497 e. The quantitative estimate of drug-likeness (QED) is 0.289. The van der Waals surface area contributed by atoms with E-state index in [-0.39, 0.29) is 56.3 Å².